The molecule has 0 spiro atoms. The van der Waals surface area contributed by atoms with Crippen LogP contribution in [0.3, 0.4) is 0 Å². The van der Waals surface area contributed by atoms with Crippen molar-refractivity contribution in [3.05, 3.63) is 29.8 Å². The van der Waals surface area contributed by atoms with Crippen LogP contribution in [-0.2, 0) is 11.2 Å². The predicted octanol–water partition coefficient (Wildman–Crippen LogP) is 1.68. The number of likely N-dealkylation sites (tertiary alicyclic amines) is 1. The number of amides is 1. The Bertz CT molecular complexity index is 372. The molecule has 3 nitrogen and oxygen atoms in total. The summed E-state index contributed by atoms with van der Waals surface area (Å²) in [5.74, 6) is 0.879. The molecular formula is C13H18N2O. The maximum Gasteiger partial charge on any atom is 0.226 e. The molecule has 1 atom stereocenters. The van der Waals surface area contributed by atoms with E-state index in [1.165, 1.54) is 0 Å². The fraction of sp³-hybridized carbons (Fsp3) is 0.462. The van der Waals surface area contributed by atoms with Crippen molar-refractivity contribution in [1.82, 2.24) is 4.90 Å². The van der Waals surface area contributed by atoms with Crippen LogP contribution in [0.5, 0.6) is 0 Å². The van der Waals surface area contributed by atoms with Crippen LogP contribution in [0.15, 0.2) is 24.3 Å². The van der Waals surface area contributed by atoms with Gasteiger partial charge in [0.1, 0.15) is 0 Å². The van der Waals surface area contributed by atoms with Gasteiger partial charge in [-0.1, -0.05) is 19.1 Å². The first kappa shape index (κ1) is 11.0. The zero-order chi connectivity index (χ0) is 11.5. The first-order chi connectivity index (χ1) is 7.65. The van der Waals surface area contributed by atoms with Gasteiger partial charge in [0.05, 0.1) is 6.42 Å². The summed E-state index contributed by atoms with van der Waals surface area (Å²) in [7, 11) is 0. The molecule has 1 saturated heterocycles. The SMILES string of the molecule is CC1CCN(C(=O)Cc2ccc(N)cc2)C1. The minimum Gasteiger partial charge on any atom is -0.399 e. The Kier molecular flexibility index (Phi) is 3.13. The van der Waals surface area contributed by atoms with Crippen LogP contribution in [0.2, 0.25) is 0 Å². The van der Waals surface area contributed by atoms with Gasteiger partial charge in [0.2, 0.25) is 5.91 Å². The van der Waals surface area contributed by atoms with Crippen molar-refractivity contribution in [3.8, 4) is 0 Å². The molecule has 1 amide bonds. The molecule has 1 fully saturated rings. The molecule has 2 N–H and O–H groups in total. The minimum absolute atomic E-state index is 0.231. The normalized spacial score (nSPS) is 20.1. The van der Waals surface area contributed by atoms with E-state index in [0.29, 0.717) is 12.3 Å². The van der Waals surface area contributed by atoms with E-state index in [2.05, 4.69) is 6.92 Å². The number of hydrogen-bond donors (Lipinski definition) is 1. The number of benzene rings is 1. The van der Waals surface area contributed by atoms with E-state index in [-0.39, 0.29) is 5.91 Å². The quantitative estimate of drug-likeness (QED) is 0.768. The van der Waals surface area contributed by atoms with Gasteiger partial charge in [-0.3, -0.25) is 4.79 Å². The molecule has 86 valence electrons. The van der Waals surface area contributed by atoms with Gasteiger partial charge in [0.15, 0.2) is 0 Å². The minimum atomic E-state index is 0.231. The standard InChI is InChI=1S/C13H18N2O/c1-10-6-7-15(9-10)13(16)8-11-2-4-12(14)5-3-11/h2-5,10H,6-9,14H2,1H3. The third-order valence-corrected chi connectivity index (χ3v) is 3.11. The topological polar surface area (TPSA) is 46.3 Å². The molecule has 1 aliphatic heterocycles. The zero-order valence-electron chi connectivity index (χ0n) is 9.65. The second-order valence-corrected chi connectivity index (χ2v) is 4.65. The highest BCUT2D eigenvalue weighted by Crippen LogP contribution is 2.16. The Labute approximate surface area is 96.2 Å². The van der Waals surface area contributed by atoms with E-state index >= 15 is 0 Å². The van der Waals surface area contributed by atoms with Crippen molar-refractivity contribution < 1.29 is 4.79 Å². The average Bonchev–Trinajstić information content (AvgIpc) is 2.68. The van der Waals surface area contributed by atoms with E-state index in [4.69, 9.17) is 5.73 Å². The molecule has 3 heteroatoms. The fourth-order valence-corrected chi connectivity index (χ4v) is 2.08. The second-order valence-electron chi connectivity index (χ2n) is 4.65. The third kappa shape index (κ3) is 2.54. The van der Waals surface area contributed by atoms with E-state index in [1.807, 2.05) is 29.2 Å². The van der Waals surface area contributed by atoms with Crippen LogP contribution < -0.4 is 5.73 Å². The summed E-state index contributed by atoms with van der Waals surface area (Å²) >= 11 is 0. The number of anilines is 1. The van der Waals surface area contributed by atoms with Crippen LogP contribution >= 0.6 is 0 Å². The average molecular weight is 218 g/mol. The summed E-state index contributed by atoms with van der Waals surface area (Å²) in [4.78, 5) is 13.9. The Morgan fingerprint density at radius 2 is 2.12 bits per heavy atom. The number of nitrogen functional groups attached to an aromatic ring is 1. The number of hydrogen-bond acceptors (Lipinski definition) is 2. The lowest BCUT2D eigenvalue weighted by molar-refractivity contribution is -0.129. The van der Waals surface area contributed by atoms with E-state index in [9.17, 15) is 4.79 Å². The number of carbonyl (C=O) groups is 1. The van der Waals surface area contributed by atoms with Crippen molar-refractivity contribution in [3.63, 3.8) is 0 Å². The maximum absolute atomic E-state index is 11.9. The summed E-state index contributed by atoms with van der Waals surface area (Å²) < 4.78 is 0. The van der Waals surface area contributed by atoms with Gasteiger partial charge in [0, 0.05) is 18.8 Å². The van der Waals surface area contributed by atoms with E-state index in [0.717, 1.165) is 30.8 Å². The molecule has 1 aromatic rings. The van der Waals surface area contributed by atoms with Crippen LogP contribution in [0, 0.1) is 5.92 Å². The lowest BCUT2D eigenvalue weighted by Crippen LogP contribution is -2.29. The molecule has 1 heterocycles. The molecule has 1 aliphatic rings. The number of carbonyl (C=O) groups excluding carboxylic acids is 1. The van der Waals surface area contributed by atoms with E-state index in [1.54, 1.807) is 0 Å². The highest BCUT2D eigenvalue weighted by Gasteiger charge is 2.22. The zero-order valence-corrected chi connectivity index (χ0v) is 9.65. The van der Waals surface area contributed by atoms with Gasteiger partial charge < -0.3 is 10.6 Å². The van der Waals surface area contributed by atoms with E-state index < -0.39 is 0 Å². The van der Waals surface area contributed by atoms with Crippen LogP contribution in [0.25, 0.3) is 0 Å². The van der Waals surface area contributed by atoms with Crippen LogP contribution in [0.1, 0.15) is 18.9 Å². The van der Waals surface area contributed by atoms with Gasteiger partial charge >= 0.3 is 0 Å². The molecule has 0 aromatic heterocycles. The first-order valence-corrected chi connectivity index (χ1v) is 5.77. The predicted molar refractivity (Wildman–Crippen MR) is 64.9 cm³/mol. The first-order valence-electron chi connectivity index (χ1n) is 5.77. The smallest absolute Gasteiger partial charge is 0.226 e. The number of rotatable bonds is 2. The Hall–Kier alpha value is -1.51. The molecule has 0 radical (unpaired) electrons. The van der Waals surface area contributed by atoms with Crippen molar-refractivity contribution in [2.75, 3.05) is 18.8 Å². The molecule has 0 bridgehead atoms. The highest BCUT2D eigenvalue weighted by atomic mass is 16.2. The summed E-state index contributed by atoms with van der Waals surface area (Å²) in [6, 6.07) is 7.53. The highest BCUT2D eigenvalue weighted by molar-refractivity contribution is 5.79. The molecule has 2 rings (SSSR count). The van der Waals surface area contributed by atoms with Crippen molar-refractivity contribution >= 4 is 11.6 Å². The molecule has 16 heavy (non-hydrogen) atoms. The van der Waals surface area contributed by atoms with Crippen molar-refractivity contribution in [2.24, 2.45) is 5.92 Å². The fourth-order valence-electron chi connectivity index (χ4n) is 2.08. The molecular weight excluding hydrogens is 200 g/mol. The van der Waals surface area contributed by atoms with Gasteiger partial charge in [-0.05, 0) is 30.0 Å². The van der Waals surface area contributed by atoms with Gasteiger partial charge in [0.25, 0.3) is 0 Å². The van der Waals surface area contributed by atoms with Crippen LogP contribution in [0.4, 0.5) is 5.69 Å². The molecule has 1 unspecified atom stereocenters. The van der Waals surface area contributed by atoms with Gasteiger partial charge in [-0.15, -0.1) is 0 Å². The van der Waals surface area contributed by atoms with Crippen molar-refractivity contribution in [2.45, 2.75) is 19.8 Å². The van der Waals surface area contributed by atoms with Gasteiger partial charge in [-0.2, -0.15) is 0 Å². The van der Waals surface area contributed by atoms with Gasteiger partial charge in [-0.25, -0.2) is 0 Å². The monoisotopic (exact) mass is 218 g/mol. The second kappa shape index (κ2) is 4.56. The molecule has 0 aliphatic carbocycles. The van der Waals surface area contributed by atoms with Crippen LogP contribution in [-0.4, -0.2) is 23.9 Å². The summed E-state index contributed by atoms with van der Waals surface area (Å²) in [5.41, 5.74) is 7.38. The van der Waals surface area contributed by atoms with Crippen molar-refractivity contribution in [1.29, 1.82) is 0 Å². The Morgan fingerprint density at radius 1 is 1.44 bits per heavy atom. The summed E-state index contributed by atoms with van der Waals surface area (Å²) in [6.07, 6.45) is 1.63. The summed E-state index contributed by atoms with van der Waals surface area (Å²) in [5, 5.41) is 0. The lowest BCUT2D eigenvalue weighted by atomic mass is 10.1. The maximum atomic E-state index is 11.9. The lowest BCUT2D eigenvalue weighted by Gasteiger charge is -2.15. The largest absolute Gasteiger partial charge is 0.399 e. The number of nitrogens with zero attached hydrogens (tertiary/aromatic N) is 1. The number of nitrogens with two attached hydrogens (primary N) is 1. The third-order valence-electron chi connectivity index (χ3n) is 3.11. The summed E-state index contributed by atoms with van der Waals surface area (Å²) in [6.45, 7) is 4.01. The Balaban J connectivity index is 1.94. The Morgan fingerprint density at radius 3 is 2.69 bits per heavy atom. The molecule has 0 saturated carbocycles. The molecule has 1 aromatic carbocycles.